The molecule has 102 valence electrons. The molecular weight excluding hydrogens is 220 g/mol. The minimum atomic E-state index is 1.03. The van der Waals surface area contributed by atoms with Gasteiger partial charge in [0.2, 0.25) is 0 Å². The van der Waals surface area contributed by atoms with Gasteiger partial charge in [-0.25, -0.2) is 0 Å². The van der Waals surface area contributed by atoms with Crippen molar-refractivity contribution in [3.63, 3.8) is 0 Å². The van der Waals surface area contributed by atoms with E-state index in [0.29, 0.717) is 0 Å². The van der Waals surface area contributed by atoms with Gasteiger partial charge in [-0.1, -0.05) is 32.0 Å². The Balaban J connectivity index is 2.44. The van der Waals surface area contributed by atoms with Crippen LogP contribution in [0.1, 0.15) is 37.8 Å². The lowest BCUT2D eigenvalue weighted by molar-refractivity contribution is 0.285. The maximum Gasteiger partial charge on any atom is 0.0400 e. The molecule has 0 aliphatic carbocycles. The van der Waals surface area contributed by atoms with Gasteiger partial charge in [0, 0.05) is 18.8 Å². The Morgan fingerprint density at radius 1 is 0.944 bits per heavy atom. The van der Waals surface area contributed by atoms with E-state index in [2.05, 4.69) is 56.1 Å². The smallest absolute Gasteiger partial charge is 0.0400 e. The number of para-hydroxylation sites is 1. The summed E-state index contributed by atoms with van der Waals surface area (Å²) < 4.78 is 0. The van der Waals surface area contributed by atoms with Gasteiger partial charge in [-0.2, -0.15) is 0 Å². The summed E-state index contributed by atoms with van der Waals surface area (Å²) in [6.07, 6.45) is 2.48. The molecule has 0 saturated heterocycles. The Kier molecular flexibility index (Phi) is 6.81. The van der Waals surface area contributed by atoms with Crippen molar-refractivity contribution in [2.75, 3.05) is 31.5 Å². The molecule has 0 saturated carbocycles. The van der Waals surface area contributed by atoms with Crippen LogP contribution >= 0.6 is 0 Å². The molecule has 2 heteroatoms. The maximum atomic E-state index is 3.59. The summed E-state index contributed by atoms with van der Waals surface area (Å²) >= 11 is 0. The zero-order chi connectivity index (χ0) is 13.4. The first-order valence-electron chi connectivity index (χ1n) is 7.21. The van der Waals surface area contributed by atoms with Crippen LogP contribution in [0.5, 0.6) is 0 Å². The van der Waals surface area contributed by atoms with Gasteiger partial charge in [0.25, 0.3) is 0 Å². The second-order valence-corrected chi connectivity index (χ2v) is 5.04. The topological polar surface area (TPSA) is 15.3 Å². The third-order valence-electron chi connectivity index (χ3n) is 3.29. The second kappa shape index (κ2) is 8.15. The molecular formula is C16H28N2. The standard InChI is InChI=1S/C16H28N2/c1-5-11-18(12-6-2)13-10-17-16-14(3)8-7-9-15(16)4/h7-9,17H,5-6,10-13H2,1-4H3. The van der Waals surface area contributed by atoms with Gasteiger partial charge < -0.3 is 10.2 Å². The number of rotatable bonds is 8. The van der Waals surface area contributed by atoms with Crippen LogP contribution in [0.4, 0.5) is 5.69 Å². The highest BCUT2D eigenvalue weighted by Crippen LogP contribution is 2.18. The highest BCUT2D eigenvalue weighted by atomic mass is 15.1. The molecule has 2 nitrogen and oxygen atoms in total. The van der Waals surface area contributed by atoms with Gasteiger partial charge in [-0.3, -0.25) is 0 Å². The van der Waals surface area contributed by atoms with Crippen molar-refractivity contribution >= 4 is 5.69 Å². The molecule has 1 rings (SSSR count). The zero-order valence-corrected chi connectivity index (χ0v) is 12.4. The van der Waals surface area contributed by atoms with Crippen LogP contribution < -0.4 is 5.32 Å². The molecule has 0 spiro atoms. The summed E-state index contributed by atoms with van der Waals surface area (Å²) in [6, 6.07) is 6.46. The Hall–Kier alpha value is -1.02. The molecule has 0 radical (unpaired) electrons. The second-order valence-electron chi connectivity index (χ2n) is 5.04. The summed E-state index contributed by atoms with van der Waals surface area (Å²) in [7, 11) is 0. The highest BCUT2D eigenvalue weighted by molar-refractivity contribution is 5.56. The first-order valence-corrected chi connectivity index (χ1v) is 7.21. The molecule has 0 aromatic heterocycles. The number of aryl methyl sites for hydroxylation is 2. The minimum absolute atomic E-state index is 1.03. The van der Waals surface area contributed by atoms with Crippen LogP contribution in [0.2, 0.25) is 0 Å². The average molecular weight is 248 g/mol. The Labute approximate surface area is 112 Å². The van der Waals surface area contributed by atoms with E-state index >= 15 is 0 Å². The molecule has 1 aromatic rings. The summed E-state index contributed by atoms with van der Waals surface area (Å²) in [5, 5.41) is 3.59. The summed E-state index contributed by atoms with van der Waals surface area (Å²) in [5.41, 5.74) is 3.99. The third-order valence-corrected chi connectivity index (χ3v) is 3.29. The molecule has 0 aliphatic heterocycles. The number of nitrogens with one attached hydrogen (secondary N) is 1. The van der Waals surface area contributed by atoms with Crippen molar-refractivity contribution in [1.29, 1.82) is 0 Å². The van der Waals surface area contributed by atoms with Gasteiger partial charge in [0.1, 0.15) is 0 Å². The van der Waals surface area contributed by atoms with E-state index in [0.717, 1.165) is 13.1 Å². The maximum absolute atomic E-state index is 3.59. The van der Waals surface area contributed by atoms with Gasteiger partial charge in [-0.15, -0.1) is 0 Å². The fourth-order valence-corrected chi connectivity index (χ4v) is 2.40. The monoisotopic (exact) mass is 248 g/mol. The number of anilines is 1. The lowest BCUT2D eigenvalue weighted by Crippen LogP contribution is -2.30. The first kappa shape index (κ1) is 15.0. The molecule has 0 atom stereocenters. The van der Waals surface area contributed by atoms with Crippen LogP contribution in [0.25, 0.3) is 0 Å². The molecule has 0 heterocycles. The minimum Gasteiger partial charge on any atom is -0.383 e. The van der Waals surface area contributed by atoms with Crippen LogP contribution in [0, 0.1) is 13.8 Å². The summed E-state index contributed by atoms with van der Waals surface area (Å²) in [4.78, 5) is 2.54. The van der Waals surface area contributed by atoms with Crippen molar-refractivity contribution in [1.82, 2.24) is 4.90 Å². The summed E-state index contributed by atoms with van der Waals surface area (Å²) in [5.74, 6) is 0. The largest absolute Gasteiger partial charge is 0.383 e. The SMILES string of the molecule is CCCN(CCC)CCNc1c(C)cccc1C. The van der Waals surface area contributed by atoms with E-state index < -0.39 is 0 Å². The third kappa shape index (κ3) is 4.69. The molecule has 0 aliphatic rings. The van der Waals surface area contributed by atoms with Gasteiger partial charge in [0.05, 0.1) is 0 Å². The number of nitrogens with zero attached hydrogens (tertiary/aromatic N) is 1. The molecule has 0 amide bonds. The van der Waals surface area contributed by atoms with Crippen molar-refractivity contribution in [2.24, 2.45) is 0 Å². The van der Waals surface area contributed by atoms with E-state index in [4.69, 9.17) is 0 Å². The molecule has 0 unspecified atom stereocenters. The molecule has 1 aromatic carbocycles. The van der Waals surface area contributed by atoms with E-state index in [9.17, 15) is 0 Å². The van der Waals surface area contributed by atoms with E-state index in [1.54, 1.807) is 0 Å². The number of hydrogen-bond donors (Lipinski definition) is 1. The lowest BCUT2D eigenvalue weighted by atomic mass is 10.1. The Morgan fingerprint density at radius 3 is 2.00 bits per heavy atom. The Bertz CT molecular complexity index is 321. The van der Waals surface area contributed by atoms with E-state index in [-0.39, 0.29) is 0 Å². The fourth-order valence-electron chi connectivity index (χ4n) is 2.40. The molecule has 18 heavy (non-hydrogen) atoms. The average Bonchev–Trinajstić information content (AvgIpc) is 2.33. The molecule has 1 N–H and O–H groups in total. The number of benzene rings is 1. The van der Waals surface area contributed by atoms with Gasteiger partial charge in [-0.05, 0) is 50.9 Å². The molecule has 0 bridgehead atoms. The molecule has 0 fully saturated rings. The predicted molar refractivity (Wildman–Crippen MR) is 81.4 cm³/mol. The van der Waals surface area contributed by atoms with E-state index in [1.807, 2.05) is 0 Å². The van der Waals surface area contributed by atoms with Crippen LogP contribution in [0.15, 0.2) is 18.2 Å². The highest BCUT2D eigenvalue weighted by Gasteiger charge is 2.04. The fraction of sp³-hybridized carbons (Fsp3) is 0.625. The van der Waals surface area contributed by atoms with E-state index in [1.165, 1.54) is 42.7 Å². The van der Waals surface area contributed by atoms with Crippen LogP contribution in [-0.2, 0) is 0 Å². The quantitative estimate of drug-likeness (QED) is 0.752. The Morgan fingerprint density at radius 2 is 1.50 bits per heavy atom. The van der Waals surface area contributed by atoms with Crippen molar-refractivity contribution in [3.05, 3.63) is 29.3 Å². The first-order chi connectivity index (χ1) is 8.69. The summed E-state index contributed by atoms with van der Waals surface area (Å²) in [6.45, 7) is 13.4. The van der Waals surface area contributed by atoms with Gasteiger partial charge >= 0.3 is 0 Å². The predicted octanol–water partition coefficient (Wildman–Crippen LogP) is 3.84. The van der Waals surface area contributed by atoms with Crippen molar-refractivity contribution in [3.8, 4) is 0 Å². The zero-order valence-electron chi connectivity index (χ0n) is 12.4. The van der Waals surface area contributed by atoms with Crippen LogP contribution in [-0.4, -0.2) is 31.1 Å². The van der Waals surface area contributed by atoms with Gasteiger partial charge in [0.15, 0.2) is 0 Å². The number of hydrogen-bond acceptors (Lipinski definition) is 2. The lowest BCUT2D eigenvalue weighted by Gasteiger charge is -2.22. The van der Waals surface area contributed by atoms with Crippen molar-refractivity contribution in [2.45, 2.75) is 40.5 Å². The van der Waals surface area contributed by atoms with Crippen LogP contribution in [0.3, 0.4) is 0 Å². The normalized spacial score (nSPS) is 10.9. The van der Waals surface area contributed by atoms with Crippen molar-refractivity contribution < 1.29 is 0 Å².